The van der Waals surface area contributed by atoms with E-state index in [2.05, 4.69) is 26.1 Å². The number of hydrogen-bond acceptors (Lipinski definition) is 4. The third-order valence-electron chi connectivity index (χ3n) is 2.85. The minimum absolute atomic E-state index is 0.00493. The number of nitrogens with one attached hydrogen (secondary N) is 1. The molecule has 1 atom stereocenters. The quantitative estimate of drug-likeness (QED) is 0.833. The van der Waals surface area contributed by atoms with Crippen molar-refractivity contribution in [2.24, 2.45) is 0 Å². The molecule has 0 saturated heterocycles. The number of hydrogen-bond donors (Lipinski definition) is 1. The Balaban J connectivity index is 3.05. The summed E-state index contributed by atoms with van der Waals surface area (Å²) in [6.45, 7) is 9.46. The van der Waals surface area contributed by atoms with E-state index in [9.17, 15) is 0 Å². The van der Waals surface area contributed by atoms with E-state index in [0.29, 0.717) is 29.7 Å². The number of ether oxygens (including phenoxy) is 3. The van der Waals surface area contributed by atoms with Gasteiger partial charge >= 0.3 is 0 Å². The van der Waals surface area contributed by atoms with Crippen LogP contribution in [0.4, 0.5) is 0 Å². The van der Waals surface area contributed by atoms with Gasteiger partial charge in [-0.05, 0) is 33.8 Å². The molecule has 0 bridgehead atoms. The molecular formula is C16H26ClNO3. The first-order chi connectivity index (χ1) is 9.76. The molecule has 0 amide bonds. The third-order valence-corrected chi connectivity index (χ3v) is 3.06. The Kier molecular flexibility index (Phi) is 6.78. The maximum absolute atomic E-state index is 6.16. The SMILES string of the molecule is COCC(C)Oc1c(CNC(C)(C)C)cc(Cl)cc1OC. The van der Waals surface area contributed by atoms with Gasteiger partial charge in [0.15, 0.2) is 11.5 Å². The van der Waals surface area contributed by atoms with E-state index in [-0.39, 0.29) is 11.6 Å². The van der Waals surface area contributed by atoms with Crippen molar-refractivity contribution in [3.63, 3.8) is 0 Å². The van der Waals surface area contributed by atoms with Gasteiger partial charge in [0, 0.05) is 35.8 Å². The Morgan fingerprint density at radius 2 is 1.90 bits per heavy atom. The van der Waals surface area contributed by atoms with Crippen LogP contribution in [0.1, 0.15) is 33.3 Å². The van der Waals surface area contributed by atoms with Gasteiger partial charge in [-0.1, -0.05) is 11.6 Å². The van der Waals surface area contributed by atoms with Crippen molar-refractivity contribution >= 4 is 11.6 Å². The fourth-order valence-corrected chi connectivity index (χ4v) is 2.10. The molecule has 1 aromatic carbocycles. The molecule has 0 heterocycles. The van der Waals surface area contributed by atoms with E-state index in [1.54, 1.807) is 20.3 Å². The Labute approximate surface area is 132 Å². The van der Waals surface area contributed by atoms with Gasteiger partial charge in [0.2, 0.25) is 0 Å². The lowest BCUT2D eigenvalue weighted by atomic mass is 10.1. The topological polar surface area (TPSA) is 39.7 Å². The Morgan fingerprint density at radius 3 is 2.43 bits per heavy atom. The molecule has 1 aromatic rings. The fourth-order valence-electron chi connectivity index (χ4n) is 1.87. The summed E-state index contributed by atoms with van der Waals surface area (Å²) in [6, 6.07) is 3.66. The van der Waals surface area contributed by atoms with Gasteiger partial charge in [-0.3, -0.25) is 0 Å². The zero-order valence-electron chi connectivity index (χ0n) is 13.7. The molecule has 0 fully saturated rings. The second kappa shape index (κ2) is 7.87. The van der Waals surface area contributed by atoms with Crippen molar-refractivity contribution in [3.8, 4) is 11.5 Å². The van der Waals surface area contributed by atoms with Crippen LogP contribution in [0, 0.1) is 0 Å². The van der Waals surface area contributed by atoms with Crippen molar-refractivity contribution in [1.82, 2.24) is 5.32 Å². The standard InChI is InChI=1S/C16H26ClNO3/c1-11(10-19-5)21-15-12(9-18-16(2,3)4)7-13(17)8-14(15)20-6/h7-8,11,18H,9-10H2,1-6H3. The van der Waals surface area contributed by atoms with Crippen molar-refractivity contribution < 1.29 is 14.2 Å². The molecule has 5 heteroatoms. The second-order valence-electron chi connectivity index (χ2n) is 6.08. The molecule has 0 radical (unpaired) electrons. The molecule has 0 spiro atoms. The highest BCUT2D eigenvalue weighted by atomic mass is 35.5. The third kappa shape index (κ3) is 6.12. The maximum Gasteiger partial charge on any atom is 0.166 e. The normalized spacial score (nSPS) is 13.1. The van der Waals surface area contributed by atoms with Crippen LogP contribution in [0.25, 0.3) is 0 Å². The molecule has 0 aliphatic rings. The molecule has 1 N–H and O–H groups in total. The monoisotopic (exact) mass is 315 g/mol. The van der Waals surface area contributed by atoms with Crippen LogP contribution in [0.15, 0.2) is 12.1 Å². The summed E-state index contributed by atoms with van der Waals surface area (Å²) in [5.41, 5.74) is 0.975. The summed E-state index contributed by atoms with van der Waals surface area (Å²) in [5, 5.41) is 4.07. The molecule has 1 rings (SSSR count). The summed E-state index contributed by atoms with van der Waals surface area (Å²) in [4.78, 5) is 0. The van der Waals surface area contributed by atoms with Gasteiger partial charge < -0.3 is 19.5 Å². The average molecular weight is 316 g/mol. The predicted octanol–water partition coefficient (Wildman–Crippen LogP) is 3.65. The number of rotatable bonds is 7. The number of methoxy groups -OCH3 is 2. The summed E-state index contributed by atoms with van der Waals surface area (Å²) in [5.74, 6) is 1.35. The first-order valence-electron chi connectivity index (χ1n) is 7.04. The average Bonchev–Trinajstić information content (AvgIpc) is 2.37. The highest BCUT2D eigenvalue weighted by Gasteiger charge is 2.17. The van der Waals surface area contributed by atoms with Crippen molar-refractivity contribution in [2.75, 3.05) is 20.8 Å². The van der Waals surface area contributed by atoms with Gasteiger partial charge in [-0.25, -0.2) is 0 Å². The van der Waals surface area contributed by atoms with Crippen LogP contribution in [0.5, 0.6) is 11.5 Å². The van der Waals surface area contributed by atoms with Gasteiger partial charge in [-0.2, -0.15) is 0 Å². The summed E-state index contributed by atoms with van der Waals surface area (Å²) >= 11 is 6.16. The first kappa shape index (κ1) is 18.1. The van der Waals surface area contributed by atoms with Crippen molar-refractivity contribution in [3.05, 3.63) is 22.7 Å². The molecule has 0 aromatic heterocycles. The summed E-state index contributed by atoms with van der Waals surface area (Å²) < 4.78 is 16.5. The first-order valence-corrected chi connectivity index (χ1v) is 7.41. The van der Waals surface area contributed by atoms with Gasteiger partial charge in [0.25, 0.3) is 0 Å². The Hall–Kier alpha value is -0.970. The van der Waals surface area contributed by atoms with E-state index in [1.807, 2.05) is 13.0 Å². The Morgan fingerprint density at radius 1 is 1.24 bits per heavy atom. The molecule has 120 valence electrons. The van der Waals surface area contributed by atoms with E-state index in [0.717, 1.165) is 5.56 Å². The minimum Gasteiger partial charge on any atom is -0.493 e. The van der Waals surface area contributed by atoms with E-state index < -0.39 is 0 Å². The smallest absolute Gasteiger partial charge is 0.166 e. The second-order valence-corrected chi connectivity index (χ2v) is 6.52. The fraction of sp³-hybridized carbons (Fsp3) is 0.625. The van der Waals surface area contributed by atoms with E-state index in [1.165, 1.54) is 0 Å². The molecule has 21 heavy (non-hydrogen) atoms. The van der Waals surface area contributed by atoms with Gasteiger partial charge in [-0.15, -0.1) is 0 Å². The van der Waals surface area contributed by atoms with Gasteiger partial charge in [0.1, 0.15) is 6.10 Å². The summed E-state index contributed by atoms with van der Waals surface area (Å²) in [7, 11) is 3.27. The van der Waals surface area contributed by atoms with Crippen LogP contribution in [0.3, 0.4) is 0 Å². The minimum atomic E-state index is -0.0709. The van der Waals surface area contributed by atoms with E-state index in [4.69, 9.17) is 25.8 Å². The largest absolute Gasteiger partial charge is 0.493 e. The zero-order chi connectivity index (χ0) is 16.0. The lowest BCUT2D eigenvalue weighted by Crippen LogP contribution is -2.35. The highest BCUT2D eigenvalue weighted by Crippen LogP contribution is 2.35. The van der Waals surface area contributed by atoms with Gasteiger partial charge in [0.05, 0.1) is 13.7 Å². The molecule has 0 saturated carbocycles. The molecular weight excluding hydrogens is 290 g/mol. The highest BCUT2D eigenvalue weighted by molar-refractivity contribution is 6.30. The zero-order valence-corrected chi connectivity index (χ0v) is 14.5. The number of benzene rings is 1. The summed E-state index contributed by atoms with van der Waals surface area (Å²) in [6.07, 6.45) is -0.0709. The molecule has 1 unspecified atom stereocenters. The van der Waals surface area contributed by atoms with Crippen LogP contribution in [-0.4, -0.2) is 32.5 Å². The number of halogens is 1. The molecule has 0 aliphatic carbocycles. The molecule has 4 nitrogen and oxygen atoms in total. The van der Waals surface area contributed by atoms with Crippen LogP contribution in [0.2, 0.25) is 5.02 Å². The van der Waals surface area contributed by atoms with Crippen molar-refractivity contribution in [1.29, 1.82) is 0 Å². The van der Waals surface area contributed by atoms with E-state index >= 15 is 0 Å². The van der Waals surface area contributed by atoms with Crippen LogP contribution < -0.4 is 14.8 Å². The maximum atomic E-state index is 6.16. The van der Waals surface area contributed by atoms with Crippen LogP contribution >= 0.6 is 11.6 Å². The van der Waals surface area contributed by atoms with Crippen LogP contribution in [-0.2, 0) is 11.3 Å². The predicted molar refractivity (Wildman–Crippen MR) is 86.6 cm³/mol. The lowest BCUT2D eigenvalue weighted by molar-refractivity contribution is 0.0891. The Bertz CT molecular complexity index is 458. The molecule has 0 aliphatic heterocycles. The van der Waals surface area contributed by atoms with Crippen molar-refractivity contribution in [2.45, 2.75) is 45.9 Å². The lowest BCUT2D eigenvalue weighted by Gasteiger charge is -2.24.